The zero-order valence-corrected chi connectivity index (χ0v) is 49.8. The maximum atomic E-state index is 13.1. The Morgan fingerprint density at radius 1 is 0.463 bits per heavy atom. The monoisotopic (exact) mass is 1280 g/mol. The van der Waals surface area contributed by atoms with Crippen LogP contribution in [-0.4, -0.2) is 110 Å². The molecule has 16 nitrogen and oxygen atoms in total. The Morgan fingerprint density at radius 3 is 0.915 bits per heavy atom. The second-order valence-electron chi connectivity index (χ2n) is 18.7. The number of cyclic esters (lactones) is 2. The van der Waals surface area contributed by atoms with Gasteiger partial charge in [-0.15, -0.1) is 0 Å². The summed E-state index contributed by atoms with van der Waals surface area (Å²) < 4.78 is 144. The fourth-order valence-electron chi connectivity index (χ4n) is 10.1. The molecular weight excluding hydrogens is 1240 g/mol. The van der Waals surface area contributed by atoms with E-state index in [2.05, 4.69) is 191 Å². The first-order chi connectivity index (χ1) is 38.2. The second-order valence-corrected chi connectivity index (χ2v) is 25.6. The van der Waals surface area contributed by atoms with Crippen LogP contribution in [0.1, 0.15) is 12.8 Å². The fraction of sp³-hybridized carbons (Fsp3) is 0.286. The normalized spacial score (nSPS) is 24.5. The van der Waals surface area contributed by atoms with Crippen LogP contribution >= 0.6 is 0 Å². The van der Waals surface area contributed by atoms with Crippen LogP contribution in [0.5, 0.6) is 0 Å². The average molecular weight is 1280 g/mol. The number of ether oxygens (including phenoxy) is 6. The minimum Gasteiger partial charge on any atom is -1.00 e. The van der Waals surface area contributed by atoms with Crippen molar-refractivity contribution in [2.75, 3.05) is 13.2 Å². The molecule has 4 bridgehead atoms. The van der Waals surface area contributed by atoms with Crippen LogP contribution in [0.2, 0.25) is 0 Å². The van der Waals surface area contributed by atoms with E-state index in [0.717, 1.165) is 0 Å². The van der Waals surface area contributed by atoms with Gasteiger partial charge in [0.1, 0.15) is 24.4 Å². The summed E-state index contributed by atoms with van der Waals surface area (Å²) in [7, 11) is -12.4. The zero-order valence-electron chi connectivity index (χ0n) is 43.0. The van der Waals surface area contributed by atoms with Gasteiger partial charge in [0.15, 0.2) is 49.6 Å². The Morgan fingerprint density at radius 2 is 0.695 bits per heavy atom. The van der Waals surface area contributed by atoms with Gasteiger partial charge >= 0.3 is 63.9 Å². The molecule has 10 atom stereocenters. The summed E-state index contributed by atoms with van der Waals surface area (Å²) in [4.78, 5) is 53.5. The second kappa shape index (κ2) is 27.3. The average Bonchev–Trinajstić information content (AvgIpc) is 4.53. The molecule has 0 aliphatic carbocycles. The third-order valence-electron chi connectivity index (χ3n) is 13.8. The van der Waals surface area contributed by atoms with Gasteiger partial charge in [-0.1, -0.05) is 109 Å². The van der Waals surface area contributed by atoms with E-state index in [0.29, 0.717) is 0 Å². The zero-order chi connectivity index (χ0) is 57.0. The van der Waals surface area contributed by atoms with Crippen LogP contribution in [-0.2, 0) is 89.6 Å². The number of alkyl halides is 4. The van der Waals surface area contributed by atoms with Crippen LogP contribution in [0.4, 0.5) is 17.6 Å². The van der Waals surface area contributed by atoms with Crippen LogP contribution in [0.25, 0.3) is 0 Å². The van der Waals surface area contributed by atoms with E-state index >= 15 is 0 Å². The predicted molar refractivity (Wildman–Crippen MR) is 274 cm³/mol. The summed E-state index contributed by atoms with van der Waals surface area (Å²) >= 11 is 0. The molecule has 82 heavy (non-hydrogen) atoms. The molecule has 428 valence electrons. The van der Waals surface area contributed by atoms with Gasteiger partial charge in [0.05, 0.1) is 59.0 Å². The molecule has 0 saturated carbocycles. The summed E-state index contributed by atoms with van der Waals surface area (Å²) in [5.41, 5.74) is 0. The molecule has 12 rings (SSSR count). The number of fused-ring (bicyclic) bond motifs is 10. The van der Waals surface area contributed by atoms with Gasteiger partial charge in [0.2, 0.25) is 0 Å². The van der Waals surface area contributed by atoms with Crippen molar-refractivity contribution < 1.29 is 138 Å². The predicted octanol–water partition coefficient (Wildman–Crippen LogP) is 1.56. The summed E-state index contributed by atoms with van der Waals surface area (Å²) in [6, 6.07) is 64.3. The van der Waals surface area contributed by atoms with E-state index in [1.165, 1.54) is 29.4 Å². The first-order valence-corrected chi connectivity index (χ1v) is 29.9. The number of hydrogen-bond donors (Lipinski definition) is 0. The molecule has 6 fully saturated rings. The fourth-order valence-corrected chi connectivity index (χ4v) is 14.9. The number of hydrogen-bond acceptors (Lipinski definition) is 16. The maximum absolute atomic E-state index is 13.1. The SMILES string of the molecule is O=C1OCC2C3CC(OC(=O)C(F)(F)S(=O)(=O)[O-])C(O3)C12.O=C1OCC2C3CC(OC(=O)C(F)(F)S(=O)(=O)[O-])C(O3)C12.[Br-].[Na+].c1ccc([S+](c2ccccc2)c2ccccc2)cc1.c1ccc([S+](c2ccccc2)c2ccccc2)cc1. The van der Waals surface area contributed by atoms with Gasteiger partial charge in [-0.3, -0.25) is 9.59 Å². The number of carbonyl (C=O) groups excluding carboxylic acids is 4. The first kappa shape index (κ1) is 64.4. The van der Waals surface area contributed by atoms with E-state index in [9.17, 15) is 62.7 Å². The number of benzene rings is 6. The van der Waals surface area contributed by atoms with Gasteiger partial charge in [0, 0.05) is 24.7 Å². The Balaban J connectivity index is 0.000000156. The summed E-state index contributed by atoms with van der Waals surface area (Å²) in [6.07, 6.45) is -5.20. The van der Waals surface area contributed by atoms with Gasteiger partial charge in [0.25, 0.3) is 0 Å². The van der Waals surface area contributed by atoms with Crippen molar-refractivity contribution in [1.82, 2.24) is 0 Å². The van der Waals surface area contributed by atoms with Crippen LogP contribution in [0, 0.1) is 23.7 Å². The van der Waals surface area contributed by atoms with Gasteiger partial charge in [-0.25, -0.2) is 26.4 Å². The van der Waals surface area contributed by atoms with E-state index in [-0.39, 0.29) is 106 Å². The Labute approximate surface area is 507 Å². The number of esters is 4. The van der Waals surface area contributed by atoms with E-state index in [4.69, 9.17) is 18.9 Å². The van der Waals surface area contributed by atoms with Crippen molar-refractivity contribution >= 4 is 65.9 Å². The number of rotatable bonds is 12. The van der Waals surface area contributed by atoms with E-state index in [1.807, 2.05) is 0 Å². The van der Waals surface area contributed by atoms with E-state index in [1.54, 1.807) is 0 Å². The molecule has 0 N–H and O–H groups in total. The van der Waals surface area contributed by atoms with Crippen LogP contribution in [0.15, 0.2) is 211 Å². The smallest absolute Gasteiger partial charge is 1.00 e. The summed E-state index contributed by atoms with van der Waals surface area (Å²) in [6.45, 7) is 0.298. The Hall–Kier alpha value is -5.16. The molecule has 6 aromatic carbocycles. The first-order valence-electron chi connectivity index (χ1n) is 24.7. The molecule has 0 amide bonds. The topological polar surface area (TPSA) is 238 Å². The van der Waals surface area contributed by atoms with Crippen LogP contribution in [0.3, 0.4) is 0 Å². The quantitative estimate of drug-likeness (QED) is 0.0422. The molecule has 0 aromatic heterocycles. The molecule has 0 spiro atoms. The van der Waals surface area contributed by atoms with Crippen molar-refractivity contribution in [3.63, 3.8) is 0 Å². The molecular formula is C56H48BrF4NaO16S4. The minimum atomic E-state index is -6.17. The van der Waals surface area contributed by atoms with Crippen molar-refractivity contribution in [1.29, 1.82) is 0 Å². The Bertz CT molecular complexity index is 2960. The molecule has 6 aliphatic heterocycles. The van der Waals surface area contributed by atoms with E-state index < -0.39 is 103 Å². The molecule has 10 unspecified atom stereocenters. The van der Waals surface area contributed by atoms with Crippen LogP contribution < -0.4 is 46.5 Å². The van der Waals surface area contributed by atoms with Crippen molar-refractivity contribution in [2.45, 2.75) is 89.3 Å². The molecule has 6 heterocycles. The number of carbonyl (C=O) groups is 4. The molecule has 26 heteroatoms. The van der Waals surface area contributed by atoms with Gasteiger partial charge in [-0.05, 0) is 72.8 Å². The maximum Gasteiger partial charge on any atom is 1.00 e. The Kier molecular flexibility index (Phi) is 21.4. The third-order valence-corrected chi connectivity index (χ3v) is 19.8. The summed E-state index contributed by atoms with van der Waals surface area (Å²) in [5, 5.41) is -10.4. The minimum absolute atomic E-state index is 0. The molecule has 0 radical (unpaired) electrons. The largest absolute Gasteiger partial charge is 1.00 e. The standard InChI is InChI=1S/2C18H15S.2C10H10F2O8S.BrH.Na/c2*1-4-10-16(11-5-1)19(17-12-6-2-7-13-17)18-14-8-3-9-15-18;2*11-10(12,21(15,16)17)9(14)20-5-1-4-3-2-18-8(13)6(3)7(5)19-4;;/h2*1-15H;2*3-7H,1-2H2,(H,15,16,17);1H;/q2*+1;;;;+1/p-3. The molecule has 6 aliphatic rings. The molecule has 6 saturated heterocycles. The number of halogens is 5. The summed E-state index contributed by atoms with van der Waals surface area (Å²) in [5.74, 6) is -7.95. The van der Waals surface area contributed by atoms with Crippen molar-refractivity contribution in [2.24, 2.45) is 23.7 Å². The van der Waals surface area contributed by atoms with Gasteiger partial charge < -0.3 is 54.5 Å². The van der Waals surface area contributed by atoms with Gasteiger partial charge in [-0.2, -0.15) is 17.6 Å². The van der Waals surface area contributed by atoms with Crippen molar-refractivity contribution in [3.05, 3.63) is 182 Å². The molecule has 6 aromatic rings. The third kappa shape index (κ3) is 14.0. The van der Waals surface area contributed by atoms with Crippen molar-refractivity contribution in [3.8, 4) is 0 Å².